The van der Waals surface area contributed by atoms with Crippen molar-refractivity contribution in [2.45, 2.75) is 19.6 Å². The van der Waals surface area contributed by atoms with E-state index in [4.69, 9.17) is 4.74 Å². The SMILES string of the molecule is CCNCc1cccc(OCOCC(F)(F)F)c1. The topological polar surface area (TPSA) is 30.5 Å². The van der Waals surface area contributed by atoms with Crippen molar-refractivity contribution in [2.24, 2.45) is 0 Å². The van der Waals surface area contributed by atoms with Crippen LogP contribution in [0.4, 0.5) is 13.2 Å². The van der Waals surface area contributed by atoms with Gasteiger partial charge >= 0.3 is 6.18 Å². The van der Waals surface area contributed by atoms with Gasteiger partial charge in [-0.1, -0.05) is 19.1 Å². The third-order valence-corrected chi connectivity index (χ3v) is 2.05. The predicted molar refractivity (Wildman–Crippen MR) is 61.3 cm³/mol. The molecule has 1 aromatic rings. The molecule has 0 atom stereocenters. The monoisotopic (exact) mass is 263 g/mol. The van der Waals surface area contributed by atoms with Gasteiger partial charge in [0, 0.05) is 6.54 Å². The second kappa shape index (κ2) is 7.23. The lowest BCUT2D eigenvalue weighted by Crippen LogP contribution is -2.19. The molecule has 0 radical (unpaired) electrons. The molecule has 0 amide bonds. The first-order valence-electron chi connectivity index (χ1n) is 5.58. The van der Waals surface area contributed by atoms with Gasteiger partial charge in [0.1, 0.15) is 12.4 Å². The molecule has 0 aliphatic carbocycles. The maximum absolute atomic E-state index is 11.8. The van der Waals surface area contributed by atoms with E-state index in [0.717, 1.165) is 12.1 Å². The Hall–Kier alpha value is -1.27. The Morgan fingerprint density at radius 1 is 1.28 bits per heavy atom. The lowest BCUT2D eigenvalue weighted by atomic mass is 10.2. The van der Waals surface area contributed by atoms with Crippen molar-refractivity contribution >= 4 is 0 Å². The fourth-order valence-corrected chi connectivity index (χ4v) is 1.28. The third-order valence-electron chi connectivity index (χ3n) is 2.05. The molecule has 0 saturated carbocycles. The number of hydrogen-bond acceptors (Lipinski definition) is 3. The third kappa shape index (κ3) is 6.46. The fourth-order valence-electron chi connectivity index (χ4n) is 1.28. The molecule has 1 rings (SSSR count). The quantitative estimate of drug-likeness (QED) is 0.606. The summed E-state index contributed by atoms with van der Waals surface area (Å²) in [5, 5.41) is 3.14. The fraction of sp³-hybridized carbons (Fsp3) is 0.500. The van der Waals surface area contributed by atoms with Crippen LogP contribution in [-0.2, 0) is 11.3 Å². The van der Waals surface area contributed by atoms with Gasteiger partial charge in [0.25, 0.3) is 0 Å². The molecular weight excluding hydrogens is 247 g/mol. The highest BCUT2D eigenvalue weighted by Gasteiger charge is 2.27. The number of ether oxygens (including phenoxy) is 2. The number of halogens is 3. The summed E-state index contributed by atoms with van der Waals surface area (Å²) >= 11 is 0. The van der Waals surface area contributed by atoms with Crippen molar-refractivity contribution in [3.05, 3.63) is 29.8 Å². The van der Waals surface area contributed by atoms with E-state index in [1.165, 1.54) is 0 Å². The molecule has 3 nitrogen and oxygen atoms in total. The Balaban J connectivity index is 2.33. The average molecular weight is 263 g/mol. The molecule has 0 aliphatic rings. The highest BCUT2D eigenvalue weighted by atomic mass is 19.4. The van der Waals surface area contributed by atoms with Gasteiger partial charge in [-0.05, 0) is 24.2 Å². The number of hydrogen-bond donors (Lipinski definition) is 1. The van der Waals surface area contributed by atoms with Crippen LogP contribution >= 0.6 is 0 Å². The van der Waals surface area contributed by atoms with Gasteiger partial charge in [-0.2, -0.15) is 13.2 Å². The first-order chi connectivity index (χ1) is 8.51. The van der Waals surface area contributed by atoms with Crippen LogP contribution in [-0.4, -0.2) is 26.1 Å². The minimum atomic E-state index is -4.32. The molecule has 1 aromatic carbocycles. The van der Waals surface area contributed by atoms with Gasteiger partial charge in [0.2, 0.25) is 0 Å². The maximum atomic E-state index is 11.8. The van der Waals surface area contributed by atoms with Gasteiger partial charge in [0.15, 0.2) is 6.79 Å². The largest absolute Gasteiger partial charge is 0.468 e. The van der Waals surface area contributed by atoms with Crippen molar-refractivity contribution in [3.63, 3.8) is 0 Å². The van der Waals surface area contributed by atoms with Crippen LogP contribution in [0.3, 0.4) is 0 Å². The number of alkyl halides is 3. The number of rotatable bonds is 7. The molecular formula is C12H16F3NO2. The predicted octanol–water partition coefficient (Wildman–Crippen LogP) is 2.71. The van der Waals surface area contributed by atoms with Crippen LogP contribution in [0.2, 0.25) is 0 Å². The summed E-state index contributed by atoms with van der Waals surface area (Å²) < 4.78 is 44.8. The normalized spacial score (nSPS) is 11.6. The van der Waals surface area contributed by atoms with Crippen molar-refractivity contribution in [2.75, 3.05) is 19.9 Å². The van der Waals surface area contributed by atoms with E-state index in [2.05, 4.69) is 10.1 Å². The van der Waals surface area contributed by atoms with E-state index >= 15 is 0 Å². The molecule has 0 unspecified atom stereocenters. The summed E-state index contributed by atoms with van der Waals surface area (Å²) in [6.07, 6.45) is -4.32. The number of nitrogens with one attached hydrogen (secondary N) is 1. The van der Waals surface area contributed by atoms with E-state index in [1.807, 2.05) is 13.0 Å². The van der Waals surface area contributed by atoms with Gasteiger partial charge in [-0.25, -0.2) is 0 Å². The molecule has 0 aromatic heterocycles. The Kier molecular flexibility index (Phi) is 5.94. The number of benzene rings is 1. The maximum Gasteiger partial charge on any atom is 0.411 e. The highest BCUT2D eigenvalue weighted by molar-refractivity contribution is 5.28. The van der Waals surface area contributed by atoms with Gasteiger partial charge in [-0.3, -0.25) is 0 Å². The van der Waals surface area contributed by atoms with Crippen molar-refractivity contribution < 1.29 is 22.6 Å². The molecule has 6 heteroatoms. The Morgan fingerprint density at radius 2 is 2.06 bits per heavy atom. The average Bonchev–Trinajstić information content (AvgIpc) is 2.31. The minimum absolute atomic E-state index is 0.413. The molecule has 1 N–H and O–H groups in total. The summed E-state index contributed by atoms with van der Waals surface area (Å²) in [6.45, 7) is 1.82. The van der Waals surface area contributed by atoms with Gasteiger partial charge < -0.3 is 14.8 Å². The van der Waals surface area contributed by atoms with Crippen molar-refractivity contribution in [1.82, 2.24) is 5.32 Å². The summed E-state index contributed by atoms with van der Waals surface area (Å²) in [5.41, 5.74) is 1.00. The molecule has 0 heterocycles. The first kappa shape index (κ1) is 14.8. The summed E-state index contributed by atoms with van der Waals surface area (Å²) in [6, 6.07) is 7.13. The summed E-state index contributed by atoms with van der Waals surface area (Å²) in [7, 11) is 0. The standard InChI is InChI=1S/C12H16F3NO2/c1-2-16-7-10-4-3-5-11(6-10)18-9-17-8-12(13,14)15/h3-6,16H,2,7-9H2,1H3. The van der Waals surface area contributed by atoms with Crippen molar-refractivity contribution in [1.29, 1.82) is 0 Å². The molecule has 102 valence electrons. The lowest BCUT2D eigenvalue weighted by Gasteiger charge is -2.10. The molecule has 0 aliphatic heterocycles. The molecule has 18 heavy (non-hydrogen) atoms. The zero-order valence-electron chi connectivity index (χ0n) is 10.1. The van der Waals surface area contributed by atoms with E-state index in [1.54, 1.807) is 18.2 Å². The van der Waals surface area contributed by atoms with E-state index in [9.17, 15) is 13.2 Å². The zero-order valence-corrected chi connectivity index (χ0v) is 10.1. The van der Waals surface area contributed by atoms with Crippen LogP contribution < -0.4 is 10.1 Å². The Bertz CT molecular complexity index is 355. The highest BCUT2D eigenvalue weighted by Crippen LogP contribution is 2.16. The van der Waals surface area contributed by atoms with Crippen LogP contribution in [0.5, 0.6) is 5.75 Å². The summed E-state index contributed by atoms with van der Waals surface area (Å²) in [4.78, 5) is 0. The Morgan fingerprint density at radius 3 is 2.72 bits per heavy atom. The molecule has 0 saturated heterocycles. The lowest BCUT2D eigenvalue weighted by molar-refractivity contribution is -0.186. The van der Waals surface area contributed by atoms with Crippen LogP contribution in [0, 0.1) is 0 Å². The van der Waals surface area contributed by atoms with E-state index in [0.29, 0.717) is 12.3 Å². The molecule has 0 bridgehead atoms. The molecule has 0 spiro atoms. The minimum Gasteiger partial charge on any atom is -0.468 e. The van der Waals surface area contributed by atoms with Gasteiger partial charge in [-0.15, -0.1) is 0 Å². The zero-order chi connectivity index (χ0) is 13.4. The second-order valence-corrected chi connectivity index (χ2v) is 3.65. The summed E-state index contributed by atoms with van der Waals surface area (Å²) in [5.74, 6) is 0.493. The van der Waals surface area contributed by atoms with Crippen molar-refractivity contribution in [3.8, 4) is 5.75 Å². The van der Waals surface area contributed by atoms with Crippen LogP contribution in [0.15, 0.2) is 24.3 Å². The van der Waals surface area contributed by atoms with Crippen LogP contribution in [0.1, 0.15) is 12.5 Å². The van der Waals surface area contributed by atoms with Crippen LogP contribution in [0.25, 0.3) is 0 Å². The van der Waals surface area contributed by atoms with E-state index < -0.39 is 19.6 Å². The Labute approximate surface area is 104 Å². The van der Waals surface area contributed by atoms with Gasteiger partial charge in [0.05, 0.1) is 0 Å². The first-order valence-corrected chi connectivity index (χ1v) is 5.58. The van der Waals surface area contributed by atoms with E-state index in [-0.39, 0.29) is 0 Å². The molecule has 0 fully saturated rings. The smallest absolute Gasteiger partial charge is 0.411 e. The second-order valence-electron chi connectivity index (χ2n) is 3.65.